The maximum atomic E-state index is 13.9. The van der Waals surface area contributed by atoms with Crippen molar-refractivity contribution in [2.75, 3.05) is 6.67 Å². The molecule has 2 aromatic heterocycles. The molecule has 1 saturated carbocycles. The topological polar surface area (TPSA) is 118 Å². The number of aromatic nitrogens is 5. The summed E-state index contributed by atoms with van der Waals surface area (Å²) in [4.78, 5) is 32.6. The second-order valence-corrected chi connectivity index (χ2v) is 10.5. The van der Waals surface area contributed by atoms with Crippen molar-refractivity contribution in [3.05, 3.63) is 41.5 Å². The largest absolute Gasteiger partial charge is 0.347 e. The molecule has 1 aliphatic rings. The quantitative estimate of drug-likeness (QED) is 0.249. The molecule has 43 heavy (non-hydrogen) atoms. The maximum Gasteiger partial charge on any atom is 0.271 e. The molecule has 3 aromatic rings. The fraction of sp³-hybridized carbons (Fsp3) is 0.577. The highest BCUT2D eigenvalue weighted by Gasteiger charge is 2.40. The third kappa shape index (κ3) is 7.60. The molecule has 0 bridgehead atoms. The molecular weight excluding hydrogens is 594 g/mol. The van der Waals surface area contributed by atoms with Crippen LogP contribution in [-0.2, 0) is 11.3 Å². The highest BCUT2D eigenvalue weighted by molar-refractivity contribution is 5.92. The molecule has 2 amide bonds. The molecule has 3 unspecified atom stereocenters. The van der Waals surface area contributed by atoms with E-state index in [-0.39, 0.29) is 24.4 Å². The Hall–Kier alpha value is -3.79. The van der Waals surface area contributed by atoms with Gasteiger partial charge in [0.05, 0.1) is 35.9 Å². The van der Waals surface area contributed by atoms with Crippen molar-refractivity contribution in [1.82, 2.24) is 35.6 Å². The van der Waals surface area contributed by atoms with Gasteiger partial charge in [-0.1, -0.05) is 11.3 Å². The third-order valence-corrected chi connectivity index (χ3v) is 7.38. The fourth-order valence-electron chi connectivity index (χ4n) is 4.92. The number of amides is 2. The van der Waals surface area contributed by atoms with Gasteiger partial charge in [0.15, 0.2) is 12.3 Å². The number of rotatable bonds is 12. The van der Waals surface area contributed by atoms with Crippen molar-refractivity contribution in [2.24, 2.45) is 5.92 Å². The highest BCUT2D eigenvalue weighted by atomic mass is 19.3. The summed E-state index contributed by atoms with van der Waals surface area (Å²) >= 11 is 0. The van der Waals surface area contributed by atoms with Gasteiger partial charge in [0.2, 0.25) is 12.1 Å². The SMILES string of the molecule is C[C@@H](NC(=O)C(F)C(F)CF)c1ccc2nc([C@@H](NC(=O)c3cnnn3CC(F)C(F)F)C3CCC(F)(F)CC3)[nH]c2c1. The van der Waals surface area contributed by atoms with Gasteiger partial charge in [-0.3, -0.25) is 9.59 Å². The van der Waals surface area contributed by atoms with E-state index in [1.807, 2.05) is 0 Å². The molecule has 5 atom stereocenters. The van der Waals surface area contributed by atoms with E-state index in [2.05, 4.69) is 30.9 Å². The first-order valence-electron chi connectivity index (χ1n) is 13.4. The van der Waals surface area contributed by atoms with Crippen LogP contribution in [0.5, 0.6) is 0 Å². The van der Waals surface area contributed by atoms with Gasteiger partial charge in [-0.2, -0.15) is 0 Å². The molecule has 4 rings (SSSR count). The number of halogens is 8. The standard InChI is InChI=1S/C26H29F8N7O2/c1-12(36-25(43)20(30)15(28)9-27)14-2-3-17-18(8-14)38-23(37-17)21(13-4-6-26(33,34)7-5-13)39-24(42)19-10-35-40-41(19)11-16(29)22(31)32/h2-3,8,10,12-13,15-16,20-22H,4-7,9,11H2,1H3,(H,36,43)(H,37,38)(H,39,42)/t12-,15?,16?,20?,21+/m1/s1. The Kier molecular flexibility index (Phi) is 9.89. The van der Waals surface area contributed by atoms with Crippen LogP contribution in [0.4, 0.5) is 35.1 Å². The first-order valence-corrected chi connectivity index (χ1v) is 13.4. The van der Waals surface area contributed by atoms with Crippen molar-refractivity contribution >= 4 is 22.8 Å². The summed E-state index contributed by atoms with van der Waals surface area (Å²) in [5, 5.41) is 11.9. The normalized spacial score (nSPS) is 19.1. The lowest BCUT2D eigenvalue weighted by Crippen LogP contribution is -2.39. The Labute approximate surface area is 239 Å². The van der Waals surface area contributed by atoms with Gasteiger partial charge in [0, 0.05) is 12.8 Å². The predicted octanol–water partition coefficient (Wildman–Crippen LogP) is 4.88. The van der Waals surface area contributed by atoms with Crippen LogP contribution in [0.3, 0.4) is 0 Å². The maximum absolute atomic E-state index is 13.9. The van der Waals surface area contributed by atoms with Crippen LogP contribution in [0.2, 0.25) is 0 Å². The van der Waals surface area contributed by atoms with Crippen LogP contribution in [0.1, 0.15) is 66.6 Å². The van der Waals surface area contributed by atoms with Crippen LogP contribution >= 0.6 is 0 Å². The Morgan fingerprint density at radius 1 is 1.09 bits per heavy atom. The molecule has 1 aliphatic carbocycles. The number of hydrogen-bond donors (Lipinski definition) is 3. The summed E-state index contributed by atoms with van der Waals surface area (Å²) < 4.78 is 107. The monoisotopic (exact) mass is 623 g/mol. The number of alkyl halides is 8. The van der Waals surface area contributed by atoms with E-state index >= 15 is 0 Å². The van der Waals surface area contributed by atoms with Gasteiger partial charge in [0.1, 0.15) is 18.2 Å². The smallest absolute Gasteiger partial charge is 0.271 e. The fourth-order valence-corrected chi connectivity index (χ4v) is 4.92. The summed E-state index contributed by atoms with van der Waals surface area (Å²) in [7, 11) is 0. The lowest BCUT2D eigenvalue weighted by atomic mass is 9.81. The minimum Gasteiger partial charge on any atom is -0.347 e. The van der Waals surface area contributed by atoms with Gasteiger partial charge in [-0.25, -0.2) is 44.8 Å². The van der Waals surface area contributed by atoms with E-state index in [0.29, 0.717) is 21.3 Å². The summed E-state index contributed by atoms with van der Waals surface area (Å²) in [6.07, 6.45) is -11.1. The minimum absolute atomic E-state index is 0.0115. The Morgan fingerprint density at radius 2 is 1.79 bits per heavy atom. The first kappa shape index (κ1) is 32.1. The Morgan fingerprint density at radius 3 is 2.44 bits per heavy atom. The molecule has 0 spiro atoms. The van der Waals surface area contributed by atoms with Crippen molar-refractivity contribution in [3.63, 3.8) is 0 Å². The number of aromatic amines is 1. The van der Waals surface area contributed by atoms with E-state index in [1.54, 1.807) is 18.2 Å². The van der Waals surface area contributed by atoms with Crippen LogP contribution in [0, 0.1) is 5.92 Å². The van der Waals surface area contributed by atoms with Gasteiger partial charge in [-0.15, -0.1) is 5.10 Å². The van der Waals surface area contributed by atoms with Crippen LogP contribution in [0.15, 0.2) is 24.4 Å². The van der Waals surface area contributed by atoms with E-state index in [1.165, 1.54) is 6.92 Å². The average Bonchev–Trinajstić information content (AvgIpc) is 3.61. The van der Waals surface area contributed by atoms with E-state index in [0.717, 1.165) is 6.20 Å². The zero-order valence-corrected chi connectivity index (χ0v) is 22.7. The molecule has 0 radical (unpaired) electrons. The highest BCUT2D eigenvalue weighted by Crippen LogP contribution is 2.41. The van der Waals surface area contributed by atoms with Gasteiger partial charge < -0.3 is 15.6 Å². The number of H-pyrrole nitrogens is 1. The molecule has 17 heteroatoms. The molecule has 0 aliphatic heterocycles. The van der Waals surface area contributed by atoms with E-state index in [4.69, 9.17) is 0 Å². The summed E-state index contributed by atoms with van der Waals surface area (Å²) in [5.74, 6) is -5.43. The number of carbonyl (C=O) groups is 2. The molecule has 236 valence electrons. The molecule has 2 heterocycles. The van der Waals surface area contributed by atoms with Crippen molar-refractivity contribution in [1.29, 1.82) is 0 Å². The zero-order chi connectivity index (χ0) is 31.5. The van der Waals surface area contributed by atoms with E-state index in [9.17, 15) is 44.7 Å². The Balaban J connectivity index is 1.59. The van der Waals surface area contributed by atoms with Gasteiger partial charge >= 0.3 is 0 Å². The molecular formula is C26H29F8N7O2. The predicted molar refractivity (Wildman–Crippen MR) is 136 cm³/mol. The third-order valence-electron chi connectivity index (χ3n) is 7.38. The van der Waals surface area contributed by atoms with Crippen molar-refractivity contribution in [3.8, 4) is 0 Å². The molecule has 1 fully saturated rings. The molecule has 9 nitrogen and oxygen atoms in total. The lowest BCUT2D eigenvalue weighted by Gasteiger charge is -2.33. The number of nitrogens with one attached hydrogen (secondary N) is 3. The van der Waals surface area contributed by atoms with Crippen molar-refractivity contribution in [2.45, 2.75) is 82.1 Å². The summed E-state index contributed by atoms with van der Waals surface area (Å²) in [5.41, 5.74) is 0.881. The minimum atomic E-state index is -3.32. The van der Waals surface area contributed by atoms with Crippen molar-refractivity contribution < 1.29 is 44.7 Å². The molecule has 1 aromatic carbocycles. The van der Waals surface area contributed by atoms with Gasteiger partial charge in [0.25, 0.3) is 18.2 Å². The number of nitrogens with zero attached hydrogens (tertiary/aromatic N) is 4. The number of fused-ring (bicyclic) bond motifs is 1. The summed E-state index contributed by atoms with van der Waals surface area (Å²) in [6.45, 7) is -1.11. The second-order valence-electron chi connectivity index (χ2n) is 10.5. The lowest BCUT2D eigenvalue weighted by molar-refractivity contribution is -0.129. The number of carbonyl (C=O) groups excluding carboxylic acids is 2. The molecule has 3 N–H and O–H groups in total. The zero-order valence-electron chi connectivity index (χ0n) is 22.7. The van der Waals surface area contributed by atoms with Crippen LogP contribution in [0.25, 0.3) is 11.0 Å². The summed E-state index contributed by atoms with van der Waals surface area (Å²) in [6, 6.07) is 2.84. The Bertz CT molecular complexity index is 1410. The second kappa shape index (κ2) is 13.2. The number of hydrogen-bond acceptors (Lipinski definition) is 5. The average molecular weight is 624 g/mol. The van der Waals surface area contributed by atoms with Crippen LogP contribution in [-0.4, -0.2) is 74.3 Å². The van der Waals surface area contributed by atoms with E-state index < -0.39 is 86.7 Å². The van der Waals surface area contributed by atoms with Gasteiger partial charge in [-0.05, 0) is 43.4 Å². The first-order chi connectivity index (χ1) is 20.3. The number of benzene rings is 1. The number of imidazole rings is 1. The van der Waals surface area contributed by atoms with Crippen LogP contribution < -0.4 is 10.6 Å². The molecule has 0 saturated heterocycles.